The standard InChI is InChI=1S/C12H14/c1-3-10-5-6-11-8-9(2)4-7-12(10)11/h4-8,10H,3H2,1-2H3. The monoisotopic (exact) mass is 158 g/mol. The SMILES string of the molecule is CCC1C=Cc2cc(C)ccc21. The lowest BCUT2D eigenvalue weighted by Gasteiger charge is -2.07. The van der Waals surface area contributed by atoms with Crippen molar-refractivity contribution in [2.75, 3.05) is 0 Å². The highest BCUT2D eigenvalue weighted by molar-refractivity contribution is 5.63. The third kappa shape index (κ3) is 1.08. The van der Waals surface area contributed by atoms with Crippen molar-refractivity contribution in [3.05, 3.63) is 41.0 Å². The van der Waals surface area contributed by atoms with Crippen LogP contribution in [-0.4, -0.2) is 0 Å². The van der Waals surface area contributed by atoms with Crippen LogP contribution in [0.5, 0.6) is 0 Å². The Hall–Kier alpha value is -1.04. The summed E-state index contributed by atoms with van der Waals surface area (Å²) in [7, 11) is 0. The molecule has 0 bridgehead atoms. The highest BCUT2D eigenvalue weighted by atomic mass is 14.2. The largest absolute Gasteiger partial charge is 0.0764 e. The maximum atomic E-state index is 2.31. The first-order chi connectivity index (χ1) is 5.81. The highest BCUT2D eigenvalue weighted by Crippen LogP contribution is 2.32. The summed E-state index contributed by atoms with van der Waals surface area (Å²) in [6, 6.07) is 6.73. The van der Waals surface area contributed by atoms with Crippen LogP contribution in [0.15, 0.2) is 24.3 Å². The molecule has 0 fully saturated rings. The minimum absolute atomic E-state index is 0.667. The van der Waals surface area contributed by atoms with Gasteiger partial charge in [0.05, 0.1) is 0 Å². The van der Waals surface area contributed by atoms with E-state index in [0.717, 1.165) is 0 Å². The van der Waals surface area contributed by atoms with Crippen LogP contribution in [0.3, 0.4) is 0 Å². The fourth-order valence-electron chi connectivity index (χ4n) is 1.86. The summed E-state index contributed by atoms with van der Waals surface area (Å²) in [5.41, 5.74) is 4.28. The van der Waals surface area contributed by atoms with Crippen LogP contribution in [0.4, 0.5) is 0 Å². The number of hydrogen-bond acceptors (Lipinski definition) is 0. The van der Waals surface area contributed by atoms with Gasteiger partial charge in [0.1, 0.15) is 0 Å². The lowest BCUT2D eigenvalue weighted by Crippen LogP contribution is -1.90. The van der Waals surface area contributed by atoms with Gasteiger partial charge in [-0.2, -0.15) is 0 Å². The molecule has 12 heavy (non-hydrogen) atoms. The summed E-state index contributed by atoms with van der Waals surface area (Å²) in [6.07, 6.45) is 5.77. The lowest BCUT2D eigenvalue weighted by molar-refractivity contribution is 0.818. The van der Waals surface area contributed by atoms with Gasteiger partial charge in [0.2, 0.25) is 0 Å². The molecule has 0 saturated heterocycles. The molecule has 0 nitrogen and oxygen atoms in total. The predicted molar refractivity (Wildman–Crippen MR) is 53.2 cm³/mol. The van der Waals surface area contributed by atoms with Gasteiger partial charge in [-0.15, -0.1) is 0 Å². The predicted octanol–water partition coefficient (Wildman–Crippen LogP) is 3.52. The average Bonchev–Trinajstić information content (AvgIpc) is 2.46. The molecule has 0 aromatic heterocycles. The Morgan fingerprint density at radius 1 is 1.33 bits per heavy atom. The van der Waals surface area contributed by atoms with E-state index in [1.165, 1.54) is 23.1 Å². The fourth-order valence-corrected chi connectivity index (χ4v) is 1.86. The molecule has 1 aromatic rings. The van der Waals surface area contributed by atoms with E-state index in [1.54, 1.807) is 0 Å². The number of allylic oxidation sites excluding steroid dienone is 1. The molecule has 1 aliphatic carbocycles. The van der Waals surface area contributed by atoms with Crippen LogP contribution >= 0.6 is 0 Å². The molecule has 1 unspecified atom stereocenters. The van der Waals surface area contributed by atoms with E-state index in [4.69, 9.17) is 0 Å². The summed E-state index contributed by atoms with van der Waals surface area (Å²) in [5.74, 6) is 0.667. The van der Waals surface area contributed by atoms with Crippen LogP contribution in [0.1, 0.15) is 36.0 Å². The van der Waals surface area contributed by atoms with Gasteiger partial charge < -0.3 is 0 Å². The molecule has 0 saturated carbocycles. The average molecular weight is 158 g/mol. The van der Waals surface area contributed by atoms with Crippen molar-refractivity contribution >= 4 is 6.08 Å². The van der Waals surface area contributed by atoms with Gasteiger partial charge in [0.25, 0.3) is 0 Å². The summed E-state index contributed by atoms with van der Waals surface area (Å²) in [6.45, 7) is 4.39. The second kappa shape index (κ2) is 2.78. The van der Waals surface area contributed by atoms with E-state index in [-0.39, 0.29) is 0 Å². The molecule has 0 amide bonds. The topological polar surface area (TPSA) is 0 Å². The molecule has 1 aliphatic rings. The van der Waals surface area contributed by atoms with Crippen molar-refractivity contribution in [1.29, 1.82) is 0 Å². The van der Waals surface area contributed by atoms with Crippen LogP contribution in [-0.2, 0) is 0 Å². The van der Waals surface area contributed by atoms with E-state index in [0.29, 0.717) is 5.92 Å². The molecular formula is C12H14. The van der Waals surface area contributed by atoms with Crippen LogP contribution in [0, 0.1) is 6.92 Å². The van der Waals surface area contributed by atoms with Gasteiger partial charge in [-0.25, -0.2) is 0 Å². The number of benzene rings is 1. The molecule has 0 radical (unpaired) electrons. The number of fused-ring (bicyclic) bond motifs is 1. The van der Waals surface area contributed by atoms with Crippen molar-refractivity contribution in [3.8, 4) is 0 Å². The first-order valence-electron chi connectivity index (χ1n) is 4.60. The zero-order chi connectivity index (χ0) is 8.55. The van der Waals surface area contributed by atoms with E-state index in [1.807, 2.05) is 0 Å². The Labute approximate surface area is 73.9 Å². The fraction of sp³-hybridized carbons (Fsp3) is 0.333. The molecular weight excluding hydrogens is 144 g/mol. The zero-order valence-electron chi connectivity index (χ0n) is 7.67. The first-order valence-corrected chi connectivity index (χ1v) is 4.60. The third-order valence-corrected chi connectivity index (χ3v) is 2.59. The van der Waals surface area contributed by atoms with Crippen molar-refractivity contribution in [2.24, 2.45) is 0 Å². The second-order valence-electron chi connectivity index (χ2n) is 3.51. The van der Waals surface area contributed by atoms with Crippen LogP contribution in [0.25, 0.3) is 6.08 Å². The van der Waals surface area contributed by atoms with E-state index < -0.39 is 0 Å². The Bertz CT molecular complexity index is 321. The maximum Gasteiger partial charge on any atom is 0.00246 e. The Morgan fingerprint density at radius 3 is 2.92 bits per heavy atom. The normalized spacial score (nSPS) is 19.7. The number of aryl methyl sites for hydroxylation is 1. The third-order valence-electron chi connectivity index (χ3n) is 2.59. The van der Waals surface area contributed by atoms with Gasteiger partial charge in [-0.1, -0.05) is 42.8 Å². The smallest absolute Gasteiger partial charge is 0.00246 e. The molecule has 0 spiro atoms. The van der Waals surface area contributed by atoms with E-state index in [2.05, 4.69) is 44.2 Å². The van der Waals surface area contributed by atoms with Crippen LogP contribution in [0.2, 0.25) is 0 Å². The zero-order valence-corrected chi connectivity index (χ0v) is 7.67. The van der Waals surface area contributed by atoms with Gasteiger partial charge in [-0.3, -0.25) is 0 Å². The molecule has 0 heterocycles. The molecule has 2 rings (SSSR count). The Kier molecular flexibility index (Phi) is 1.76. The van der Waals surface area contributed by atoms with Crippen molar-refractivity contribution in [3.63, 3.8) is 0 Å². The summed E-state index contributed by atoms with van der Waals surface area (Å²) in [4.78, 5) is 0. The summed E-state index contributed by atoms with van der Waals surface area (Å²) in [5, 5.41) is 0. The van der Waals surface area contributed by atoms with Crippen molar-refractivity contribution in [1.82, 2.24) is 0 Å². The molecule has 62 valence electrons. The first kappa shape index (κ1) is 7.60. The van der Waals surface area contributed by atoms with Gasteiger partial charge in [0, 0.05) is 5.92 Å². The maximum absolute atomic E-state index is 2.31. The lowest BCUT2D eigenvalue weighted by atomic mass is 9.97. The van der Waals surface area contributed by atoms with E-state index in [9.17, 15) is 0 Å². The van der Waals surface area contributed by atoms with Crippen LogP contribution < -0.4 is 0 Å². The number of hydrogen-bond donors (Lipinski definition) is 0. The molecule has 0 N–H and O–H groups in total. The van der Waals surface area contributed by atoms with Gasteiger partial charge >= 0.3 is 0 Å². The van der Waals surface area contributed by atoms with Gasteiger partial charge in [-0.05, 0) is 24.5 Å². The summed E-state index contributed by atoms with van der Waals surface area (Å²) >= 11 is 0. The van der Waals surface area contributed by atoms with Crippen molar-refractivity contribution in [2.45, 2.75) is 26.2 Å². The molecule has 0 heteroatoms. The Balaban J connectivity index is 2.47. The quantitative estimate of drug-likeness (QED) is 0.586. The second-order valence-corrected chi connectivity index (χ2v) is 3.51. The number of rotatable bonds is 1. The van der Waals surface area contributed by atoms with Gasteiger partial charge in [0.15, 0.2) is 0 Å². The van der Waals surface area contributed by atoms with Crippen molar-refractivity contribution < 1.29 is 0 Å². The summed E-state index contributed by atoms with van der Waals surface area (Å²) < 4.78 is 0. The molecule has 1 aromatic carbocycles. The minimum Gasteiger partial charge on any atom is -0.0764 e. The highest BCUT2D eigenvalue weighted by Gasteiger charge is 2.14. The molecule has 1 atom stereocenters. The molecule has 0 aliphatic heterocycles. The van der Waals surface area contributed by atoms with E-state index >= 15 is 0 Å². The Morgan fingerprint density at radius 2 is 2.17 bits per heavy atom. The minimum atomic E-state index is 0.667.